The maximum atomic E-state index is 9.34. The van der Waals surface area contributed by atoms with Crippen molar-refractivity contribution >= 4 is 0 Å². The van der Waals surface area contributed by atoms with Crippen LogP contribution in [0.25, 0.3) is 0 Å². The van der Waals surface area contributed by atoms with Crippen LogP contribution in [0.3, 0.4) is 0 Å². The first-order chi connectivity index (χ1) is 7.54. The third kappa shape index (κ3) is 2.58. The summed E-state index contributed by atoms with van der Waals surface area (Å²) in [6, 6.07) is 7.71. The zero-order valence-corrected chi connectivity index (χ0v) is 11.0. The highest BCUT2D eigenvalue weighted by Crippen LogP contribution is 2.38. The molecule has 1 N–H and O–H groups in total. The quantitative estimate of drug-likeness (QED) is 0.774. The van der Waals surface area contributed by atoms with Crippen LogP contribution in [-0.2, 0) is 5.41 Å². The number of hydrogen-bond donors (Lipinski definition) is 1. The summed E-state index contributed by atoms with van der Waals surface area (Å²) in [5.41, 5.74) is 1.57. The molecule has 0 amide bonds. The Bertz CT molecular complexity index is 315. The lowest BCUT2D eigenvalue weighted by Crippen LogP contribution is -2.29. The van der Waals surface area contributed by atoms with Crippen molar-refractivity contribution in [3.8, 4) is 5.75 Å². The molecule has 1 nitrogen and oxygen atoms in total. The topological polar surface area (TPSA) is 20.2 Å². The summed E-state index contributed by atoms with van der Waals surface area (Å²) < 4.78 is 0. The van der Waals surface area contributed by atoms with Crippen LogP contribution < -0.4 is 0 Å². The summed E-state index contributed by atoms with van der Waals surface area (Å²) in [6.45, 7) is 9.15. The van der Waals surface area contributed by atoms with E-state index in [0.717, 1.165) is 6.42 Å². The lowest BCUT2D eigenvalue weighted by molar-refractivity contribution is 0.284. The minimum atomic E-state index is 0.226. The zero-order chi connectivity index (χ0) is 12.2. The van der Waals surface area contributed by atoms with Gasteiger partial charge in [0.15, 0.2) is 0 Å². The van der Waals surface area contributed by atoms with Crippen molar-refractivity contribution in [3.05, 3.63) is 29.8 Å². The second-order valence-corrected chi connectivity index (χ2v) is 5.01. The van der Waals surface area contributed by atoms with Crippen molar-refractivity contribution in [2.75, 3.05) is 0 Å². The Morgan fingerprint density at radius 3 is 2.19 bits per heavy atom. The van der Waals surface area contributed by atoms with Gasteiger partial charge in [-0.25, -0.2) is 0 Å². The summed E-state index contributed by atoms with van der Waals surface area (Å²) in [7, 11) is 0. The number of phenolic OH excluding ortho intramolecular Hbond substituents is 1. The molecule has 0 saturated heterocycles. The molecule has 0 bridgehead atoms. The Hall–Kier alpha value is -0.980. The van der Waals surface area contributed by atoms with Crippen LogP contribution in [0.4, 0.5) is 0 Å². The average Bonchev–Trinajstić information content (AvgIpc) is 2.29. The fraction of sp³-hybridized carbons (Fsp3) is 0.600. The first-order valence-electron chi connectivity index (χ1n) is 6.34. The second-order valence-electron chi connectivity index (χ2n) is 5.01. The Labute approximate surface area is 99.5 Å². The molecule has 2 atom stereocenters. The number of hydrogen-bond acceptors (Lipinski definition) is 1. The molecule has 16 heavy (non-hydrogen) atoms. The standard InChI is InChI=1S/C15H24O/c1-5-7-12(3)15(4,6-2)13-8-10-14(16)11-9-13/h8-12,16H,5-7H2,1-4H3. The van der Waals surface area contributed by atoms with Crippen molar-refractivity contribution in [2.24, 2.45) is 5.92 Å². The normalized spacial score (nSPS) is 16.8. The molecule has 2 unspecified atom stereocenters. The number of benzene rings is 1. The van der Waals surface area contributed by atoms with Crippen LogP contribution in [0, 0.1) is 5.92 Å². The predicted molar refractivity (Wildman–Crippen MR) is 69.8 cm³/mol. The summed E-state index contributed by atoms with van der Waals surface area (Å²) in [5, 5.41) is 9.34. The maximum absolute atomic E-state index is 9.34. The molecule has 0 aliphatic carbocycles. The molecule has 0 aromatic heterocycles. The van der Waals surface area contributed by atoms with E-state index in [1.165, 1.54) is 18.4 Å². The van der Waals surface area contributed by atoms with Gasteiger partial charge in [-0.1, -0.05) is 52.7 Å². The number of phenols is 1. The molecule has 0 fully saturated rings. The van der Waals surface area contributed by atoms with Gasteiger partial charge in [-0.15, -0.1) is 0 Å². The molecule has 1 aromatic rings. The lowest BCUT2D eigenvalue weighted by atomic mass is 9.69. The highest BCUT2D eigenvalue weighted by molar-refractivity contribution is 5.31. The van der Waals surface area contributed by atoms with Crippen LogP contribution in [0.5, 0.6) is 5.75 Å². The zero-order valence-electron chi connectivity index (χ0n) is 11.0. The van der Waals surface area contributed by atoms with E-state index < -0.39 is 0 Å². The van der Waals surface area contributed by atoms with Gasteiger partial charge in [-0.2, -0.15) is 0 Å². The molecule has 1 rings (SSSR count). The van der Waals surface area contributed by atoms with Crippen molar-refractivity contribution in [1.29, 1.82) is 0 Å². The van der Waals surface area contributed by atoms with Crippen LogP contribution in [-0.4, -0.2) is 5.11 Å². The first kappa shape index (κ1) is 13.1. The summed E-state index contributed by atoms with van der Waals surface area (Å²) >= 11 is 0. The SMILES string of the molecule is CCCC(C)C(C)(CC)c1ccc(O)cc1. The van der Waals surface area contributed by atoms with Crippen LogP contribution in [0.1, 0.15) is 52.5 Å². The largest absolute Gasteiger partial charge is 0.508 e. The van der Waals surface area contributed by atoms with E-state index >= 15 is 0 Å². The van der Waals surface area contributed by atoms with Crippen LogP contribution in [0.2, 0.25) is 0 Å². The third-order valence-corrected chi connectivity index (χ3v) is 4.07. The molecule has 0 aliphatic heterocycles. The van der Waals surface area contributed by atoms with E-state index in [4.69, 9.17) is 0 Å². The molecule has 0 heterocycles. The first-order valence-corrected chi connectivity index (χ1v) is 6.34. The van der Waals surface area contributed by atoms with E-state index in [1.54, 1.807) is 12.1 Å². The minimum Gasteiger partial charge on any atom is -0.508 e. The fourth-order valence-electron chi connectivity index (χ4n) is 2.43. The van der Waals surface area contributed by atoms with E-state index in [0.29, 0.717) is 11.7 Å². The summed E-state index contributed by atoms with van der Waals surface area (Å²) in [4.78, 5) is 0. The smallest absolute Gasteiger partial charge is 0.115 e. The molecule has 0 radical (unpaired) electrons. The Kier molecular flexibility index (Phi) is 4.40. The van der Waals surface area contributed by atoms with Crippen molar-refractivity contribution in [1.82, 2.24) is 0 Å². The lowest BCUT2D eigenvalue weighted by Gasteiger charge is -2.35. The predicted octanol–water partition coefficient (Wildman–Crippen LogP) is 4.50. The monoisotopic (exact) mass is 220 g/mol. The molecule has 90 valence electrons. The van der Waals surface area contributed by atoms with E-state index in [9.17, 15) is 5.11 Å². The number of rotatable bonds is 5. The molecular formula is C15H24O. The highest BCUT2D eigenvalue weighted by atomic mass is 16.3. The van der Waals surface area contributed by atoms with Crippen molar-refractivity contribution in [3.63, 3.8) is 0 Å². The number of aromatic hydroxyl groups is 1. The third-order valence-electron chi connectivity index (χ3n) is 4.07. The van der Waals surface area contributed by atoms with Gasteiger partial charge in [0, 0.05) is 0 Å². The molecular weight excluding hydrogens is 196 g/mol. The van der Waals surface area contributed by atoms with Gasteiger partial charge < -0.3 is 5.11 Å². The molecule has 0 aliphatic rings. The van der Waals surface area contributed by atoms with E-state index in [2.05, 4.69) is 39.8 Å². The minimum absolute atomic E-state index is 0.226. The van der Waals surface area contributed by atoms with E-state index in [-0.39, 0.29) is 5.41 Å². The fourth-order valence-corrected chi connectivity index (χ4v) is 2.43. The van der Waals surface area contributed by atoms with Crippen molar-refractivity contribution < 1.29 is 5.11 Å². The summed E-state index contributed by atoms with van der Waals surface area (Å²) in [5.74, 6) is 1.03. The Morgan fingerprint density at radius 2 is 1.75 bits per heavy atom. The molecule has 0 saturated carbocycles. The van der Waals surface area contributed by atoms with Gasteiger partial charge >= 0.3 is 0 Å². The molecule has 1 aromatic carbocycles. The van der Waals surface area contributed by atoms with Gasteiger partial charge in [0.1, 0.15) is 5.75 Å². The Morgan fingerprint density at radius 1 is 1.19 bits per heavy atom. The average molecular weight is 220 g/mol. The van der Waals surface area contributed by atoms with Crippen molar-refractivity contribution in [2.45, 2.75) is 52.4 Å². The van der Waals surface area contributed by atoms with Crippen LogP contribution in [0.15, 0.2) is 24.3 Å². The highest BCUT2D eigenvalue weighted by Gasteiger charge is 2.30. The second kappa shape index (κ2) is 5.38. The van der Waals surface area contributed by atoms with Gasteiger partial charge in [0.2, 0.25) is 0 Å². The Balaban J connectivity index is 2.99. The van der Waals surface area contributed by atoms with Crippen LogP contribution >= 0.6 is 0 Å². The molecule has 1 heteroatoms. The van der Waals surface area contributed by atoms with Gasteiger partial charge in [-0.3, -0.25) is 0 Å². The van der Waals surface area contributed by atoms with Gasteiger partial charge in [0.25, 0.3) is 0 Å². The summed E-state index contributed by atoms with van der Waals surface area (Å²) in [6.07, 6.45) is 3.62. The maximum Gasteiger partial charge on any atom is 0.115 e. The molecule has 0 spiro atoms. The van der Waals surface area contributed by atoms with Gasteiger partial charge in [0.05, 0.1) is 0 Å². The van der Waals surface area contributed by atoms with E-state index in [1.807, 2.05) is 0 Å². The van der Waals surface area contributed by atoms with Gasteiger partial charge in [-0.05, 0) is 35.4 Å².